The summed E-state index contributed by atoms with van der Waals surface area (Å²) < 4.78 is 39.0. The van der Waals surface area contributed by atoms with Crippen LogP contribution in [0.15, 0.2) is 18.2 Å². The molecule has 0 bridgehead atoms. The lowest BCUT2D eigenvalue weighted by Gasteiger charge is -2.17. The molecule has 134 valence electrons. The molecule has 1 aromatic carbocycles. The zero-order valence-electron chi connectivity index (χ0n) is 13.4. The Labute approximate surface area is 145 Å². The molecular formula is C17H22ClF3N2O. The van der Waals surface area contributed by atoms with Crippen LogP contribution >= 0.6 is 11.6 Å². The highest BCUT2D eigenvalue weighted by Gasteiger charge is 2.34. The van der Waals surface area contributed by atoms with Gasteiger partial charge in [-0.05, 0) is 31.0 Å². The van der Waals surface area contributed by atoms with Gasteiger partial charge < -0.3 is 10.6 Å². The number of benzene rings is 1. The maximum absolute atomic E-state index is 13.0. The molecule has 0 radical (unpaired) electrons. The summed E-state index contributed by atoms with van der Waals surface area (Å²) in [4.78, 5) is 11.9. The van der Waals surface area contributed by atoms with Crippen molar-refractivity contribution in [1.29, 1.82) is 0 Å². The van der Waals surface area contributed by atoms with Gasteiger partial charge in [-0.3, -0.25) is 4.79 Å². The topological polar surface area (TPSA) is 41.1 Å². The summed E-state index contributed by atoms with van der Waals surface area (Å²) in [6.45, 7) is 0.464. The number of carbonyl (C=O) groups excluding carboxylic acids is 1. The summed E-state index contributed by atoms with van der Waals surface area (Å²) in [6, 6.07) is 3.74. The van der Waals surface area contributed by atoms with Crippen LogP contribution in [0.2, 0.25) is 5.02 Å². The van der Waals surface area contributed by atoms with Gasteiger partial charge in [0.15, 0.2) is 0 Å². The molecule has 7 heteroatoms. The summed E-state index contributed by atoms with van der Waals surface area (Å²) in [5.41, 5.74) is -1.19. The van der Waals surface area contributed by atoms with Gasteiger partial charge in [0.2, 0.25) is 5.91 Å². The minimum Gasteiger partial charge on any atom is -0.325 e. The number of hydrogen-bond donors (Lipinski definition) is 2. The van der Waals surface area contributed by atoms with Crippen LogP contribution in [-0.2, 0) is 11.0 Å². The van der Waals surface area contributed by atoms with Crippen molar-refractivity contribution in [1.82, 2.24) is 5.32 Å². The lowest BCUT2D eigenvalue weighted by molar-refractivity contribution is -0.137. The Bertz CT molecular complexity index is 555. The van der Waals surface area contributed by atoms with E-state index in [9.17, 15) is 18.0 Å². The average Bonchev–Trinajstić information content (AvgIpc) is 2.77. The first kappa shape index (κ1) is 19.1. The Hall–Kier alpha value is -1.27. The molecule has 0 saturated heterocycles. The first-order valence-electron chi connectivity index (χ1n) is 8.26. The van der Waals surface area contributed by atoms with E-state index in [0.717, 1.165) is 18.9 Å². The molecule has 1 saturated carbocycles. The van der Waals surface area contributed by atoms with E-state index in [0.29, 0.717) is 12.6 Å². The lowest BCUT2D eigenvalue weighted by atomic mass is 10.1. The summed E-state index contributed by atoms with van der Waals surface area (Å²) in [7, 11) is 0. The van der Waals surface area contributed by atoms with E-state index < -0.39 is 17.6 Å². The number of hydrogen-bond acceptors (Lipinski definition) is 2. The van der Waals surface area contributed by atoms with Gasteiger partial charge in [0, 0.05) is 24.0 Å². The molecule has 0 unspecified atom stereocenters. The van der Waals surface area contributed by atoms with Crippen LogP contribution in [0.25, 0.3) is 0 Å². The van der Waals surface area contributed by atoms with Gasteiger partial charge in [-0.15, -0.1) is 0 Å². The van der Waals surface area contributed by atoms with Crippen molar-refractivity contribution >= 4 is 23.2 Å². The molecule has 1 aromatic rings. The number of alkyl halides is 3. The van der Waals surface area contributed by atoms with Crippen LogP contribution in [-0.4, -0.2) is 18.5 Å². The Morgan fingerprint density at radius 3 is 2.46 bits per heavy atom. The Balaban J connectivity index is 1.86. The largest absolute Gasteiger partial charge is 0.418 e. The summed E-state index contributed by atoms with van der Waals surface area (Å²) >= 11 is 5.62. The van der Waals surface area contributed by atoms with E-state index in [-0.39, 0.29) is 17.1 Å². The van der Waals surface area contributed by atoms with Crippen molar-refractivity contribution in [3.05, 3.63) is 28.8 Å². The zero-order chi connectivity index (χ0) is 17.6. The molecule has 2 N–H and O–H groups in total. The van der Waals surface area contributed by atoms with E-state index in [2.05, 4.69) is 10.6 Å². The number of amides is 1. The van der Waals surface area contributed by atoms with Crippen LogP contribution in [0.5, 0.6) is 0 Å². The average molecular weight is 363 g/mol. The van der Waals surface area contributed by atoms with Crippen molar-refractivity contribution in [2.75, 3.05) is 11.9 Å². The van der Waals surface area contributed by atoms with Gasteiger partial charge in [-0.1, -0.05) is 37.3 Å². The quantitative estimate of drug-likeness (QED) is 0.724. The molecule has 24 heavy (non-hydrogen) atoms. The van der Waals surface area contributed by atoms with Crippen LogP contribution in [0.1, 0.15) is 50.5 Å². The monoisotopic (exact) mass is 362 g/mol. The SMILES string of the molecule is O=C(CCNC1CCCCCC1)Nc1ccc(Cl)cc1C(F)(F)F. The molecule has 1 aliphatic rings. The van der Waals surface area contributed by atoms with Gasteiger partial charge in [0.05, 0.1) is 11.3 Å². The molecular weight excluding hydrogens is 341 g/mol. The third kappa shape index (κ3) is 5.98. The highest BCUT2D eigenvalue weighted by atomic mass is 35.5. The predicted octanol–water partition coefficient (Wildman–Crippen LogP) is 5.00. The molecule has 0 atom stereocenters. The van der Waals surface area contributed by atoms with E-state index in [1.54, 1.807) is 0 Å². The van der Waals surface area contributed by atoms with E-state index >= 15 is 0 Å². The van der Waals surface area contributed by atoms with E-state index in [1.807, 2.05) is 0 Å². The third-order valence-corrected chi connectivity index (χ3v) is 4.44. The zero-order valence-corrected chi connectivity index (χ0v) is 14.1. The van der Waals surface area contributed by atoms with Gasteiger partial charge in [-0.2, -0.15) is 13.2 Å². The fraction of sp³-hybridized carbons (Fsp3) is 0.588. The second-order valence-electron chi connectivity index (χ2n) is 6.13. The first-order valence-corrected chi connectivity index (χ1v) is 8.64. The third-order valence-electron chi connectivity index (χ3n) is 4.20. The molecule has 0 spiro atoms. The van der Waals surface area contributed by atoms with Crippen molar-refractivity contribution in [3.8, 4) is 0 Å². The summed E-state index contributed by atoms with van der Waals surface area (Å²) in [6.07, 6.45) is 2.62. The molecule has 1 fully saturated rings. The lowest BCUT2D eigenvalue weighted by Crippen LogP contribution is -2.31. The second-order valence-corrected chi connectivity index (χ2v) is 6.56. The highest BCUT2D eigenvalue weighted by molar-refractivity contribution is 6.30. The van der Waals surface area contributed by atoms with Crippen LogP contribution < -0.4 is 10.6 Å². The van der Waals surface area contributed by atoms with Crippen molar-refractivity contribution < 1.29 is 18.0 Å². The van der Waals surface area contributed by atoms with Crippen LogP contribution in [0, 0.1) is 0 Å². The van der Waals surface area contributed by atoms with Gasteiger partial charge in [-0.25, -0.2) is 0 Å². The van der Waals surface area contributed by atoms with Crippen LogP contribution in [0.4, 0.5) is 18.9 Å². The molecule has 2 rings (SSSR count). The fourth-order valence-corrected chi connectivity index (χ4v) is 3.12. The summed E-state index contributed by atoms with van der Waals surface area (Å²) in [5.74, 6) is -0.441. The fourth-order valence-electron chi connectivity index (χ4n) is 2.95. The number of carbonyl (C=O) groups is 1. The van der Waals surface area contributed by atoms with Crippen molar-refractivity contribution in [2.45, 2.75) is 57.2 Å². The number of anilines is 1. The minimum absolute atomic E-state index is 0.0182. The van der Waals surface area contributed by atoms with E-state index in [1.165, 1.54) is 37.8 Å². The Morgan fingerprint density at radius 1 is 1.17 bits per heavy atom. The first-order chi connectivity index (χ1) is 11.4. The van der Waals surface area contributed by atoms with Crippen molar-refractivity contribution in [3.63, 3.8) is 0 Å². The number of rotatable bonds is 5. The molecule has 1 amide bonds. The molecule has 3 nitrogen and oxygen atoms in total. The molecule has 1 aliphatic carbocycles. The molecule has 0 heterocycles. The smallest absolute Gasteiger partial charge is 0.325 e. The summed E-state index contributed by atoms with van der Waals surface area (Å²) in [5, 5.41) is 5.65. The highest BCUT2D eigenvalue weighted by Crippen LogP contribution is 2.36. The van der Waals surface area contributed by atoms with Crippen LogP contribution in [0.3, 0.4) is 0 Å². The Kier molecular flexibility index (Phi) is 6.92. The second kappa shape index (κ2) is 8.72. The molecule has 0 aliphatic heterocycles. The predicted molar refractivity (Wildman–Crippen MR) is 89.2 cm³/mol. The standard InChI is InChI=1S/C17H22ClF3N2O/c18-12-7-8-15(14(11-12)17(19,20)21)23-16(24)9-10-22-13-5-3-1-2-4-6-13/h7-8,11,13,22H,1-6,9-10H2,(H,23,24). The Morgan fingerprint density at radius 2 is 1.83 bits per heavy atom. The maximum atomic E-state index is 13.0. The maximum Gasteiger partial charge on any atom is 0.418 e. The number of nitrogens with one attached hydrogen (secondary N) is 2. The van der Waals surface area contributed by atoms with Crippen molar-refractivity contribution in [2.24, 2.45) is 0 Å². The minimum atomic E-state index is -4.56. The molecule has 0 aromatic heterocycles. The van der Waals surface area contributed by atoms with Gasteiger partial charge in [0.1, 0.15) is 0 Å². The number of halogens is 4. The van der Waals surface area contributed by atoms with E-state index in [4.69, 9.17) is 11.6 Å². The van der Waals surface area contributed by atoms with Gasteiger partial charge in [0.25, 0.3) is 0 Å². The van der Waals surface area contributed by atoms with Gasteiger partial charge >= 0.3 is 6.18 Å². The normalized spacial score (nSPS) is 16.7.